The van der Waals surface area contributed by atoms with Crippen LogP contribution in [0.1, 0.15) is 23.0 Å². The third-order valence-electron chi connectivity index (χ3n) is 2.94. The summed E-state index contributed by atoms with van der Waals surface area (Å²) in [5.41, 5.74) is 1.37. The maximum Gasteiger partial charge on any atom is 0.272 e. The van der Waals surface area contributed by atoms with E-state index in [4.69, 9.17) is 16.3 Å². The summed E-state index contributed by atoms with van der Waals surface area (Å²) < 4.78 is 5.39. The van der Waals surface area contributed by atoms with Gasteiger partial charge in [-0.3, -0.25) is 9.78 Å². The number of carbonyl (C=O) groups excluding carboxylic acids is 1. The number of carbonyl (C=O) groups is 1. The second kappa shape index (κ2) is 7.09. The lowest BCUT2D eigenvalue weighted by Crippen LogP contribution is -2.26. The number of hydrogen-bond acceptors (Lipinski definition) is 3. The minimum atomic E-state index is -0.161. The Morgan fingerprint density at radius 1 is 1.29 bits per heavy atom. The largest absolute Gasteiger partial charge is 0.494 e. The Kier molecular flexibility index (Phi) is 5.17. The zero-order valence-electron chi connectivity index (χ0n) is 12.0. The normalized spacial score (nSPS) is 10.2. The summed E-state index contributed by atoms with van der Waals surface area (Å²) in [6.07, 6.45) is 1.53. The lowest BCUT2D eigenvalue weighted by Gasteiger charge is -2.17. The van der Waals surface area contributed by atoms with Crippen molar-refractivity contribution >= 4 is 17.5 Å². The number of benzene rings is 1. The molecule has 0 bridgehead atoms. The molecule has 0 unspecified atom stereocenters. The Hall–Kier alpha value is -2.07. The number of amides is 1. The van der Waals surface area contributed by atoms with E-state index in [2.05, 4.69) is 4.98 Å². The first-order valence-corrected chi connectivity index (χ1v) is 7.06. The van der Waals surface area contributed by atoms with Crippen molar-refractivity contribution < 1.29 is 9.53 Å². The fourth-order valence-corrected chi connectivity index (χ4v) is 2.08. The SMILES string of the molecule is CCOc1ccc(CN(C)C(=O)c2cc(Cl)ccn2)cc1. The highest BCUT2D eigenvalue weighted by atomic mass is 35.5. The van der Waals surface area contributed by atoms with Gasteiger partial charge >= 0.3 is 0 Å². The molecule has 4 nitrogen and oxygen atoms in total. The van der Waals surface area contributed by atoms with Crippen LogP contribution in [0.15, 0.2) is 42.6 Å². The van der Waals surface area contributed by atoms with Crippen LogP contribution in [0.2, 0.25) is 5.02 Å². The topological polar surface area (TPSA) is 42.4 Å². The molecule has 1 aromatic carbocycles. The average molecular weight is 305 g/mol. The highest BCUT2D eigenvalue weighted by molar-refractivity contribution is 6.30. The van der Waals surface area contributed by atoms with Crippen LogP contribution in [-0.2, 0) is 6.54 Å². The Bertz CT molecular complexity index is 614. The maximum absolute atomic E-state index is 12.3. The van der Waals surface area contributed by atoms with Crippen LogP contribution in [0.4, 0.5) is 0 Å². The van der Waals surface area contributed by atoms with Crippen LogP contribution < -0.4 is 4.74 Å². The van der Waals surface area contributed by atoms with Gasteiger partial charge in [0.1, 0.15) is 11.4 Å². The van der Waals surface area contributed by atoms with Crippen molar-refractivity contribution in [2.24, 2.45) is 0 Å². The molecule has 0 aliphatic carbocycles. The molecule has 1 heterocycles. The molecule has 21 heavy (non-hydrogen) atoms. The predicted octanol–water partition coefficient (Wildman–Crippen LogP) is 3.41. The quantitative estimate of drug-likeness (QED) is 0.850. The number of hydrogen-bond donors (Lipinski definition) is 0. The fraction of sp³-hybridized carbons (Fsp3) is 0.250. The molecule has 110 valence electrons. The van der Waals surface area contributed by atoms with Gasteiger partial charge in [0.2, 0.25) is 0 Å². The van der Waals surface area contributed by atoms with Crippen LogP contribution in [0.5, 0.6) is 5.75 Å². The molecule has 0 spiro atoms. The Morgan fingerprint density at radius 2 is 2.00 bits per heavy atom. The lowest BCUT2D eigenvalue weighted by molar-refractivity contribution is 0.0779. The summed E-state index contributed by atoms with van der Waals surface area (Å²) in [5.74, 6) is 0.665. The van der Waals surface area contributed by atoms with Crippen molar-refractivity contribution in [2.75, 3.05) is 13.7 Å². The molecule has 0 fully saturated rings. The van der Waals surface area contributed by atoms with Crippen molar-refractivity contribution in [3.63, 3.8) is 0 Å². The molecule has 0 saturated heterocycles. The molecular formula is C16H17ClN2O2. The van der Waals surface area contributed by atoms with Crippen LogP contribution in [-0.4, -0.2) is 29.4 Å². The van der Waals surface area contributed by atoms with Gasteiger partial charge < -0.3 is 9.64 Å². The van der Waals surface area contributed by atoms with Gasteiger partial charge in [0.05, 0.1) is 6.61 Å². The third kappa shape index (κ3) is 4.20. The summed E-state index contributed by atoms with van der Waals surface area (Å²) in [6, 6.07) is 10.9. The van der Waals surface area contributed by atoms with Crippen LogP contribution in [0.25, 0.3) is 0 Å². The molecule has 0 N–H and O–H groups in total. The second-order valence-corrected chi connectivity index (χ2v) is 5.03. The highest BCUT2D eigenvalue weighted by Crippen LogP contribution is 2.15. The Labute approximate surface area is 129 Å². The monoisotopic (exact) mass is 304 g/mol. The van der Waals surface area contributed by atoms with Crippen molar-refractivity contribution in [3.05, 3.63) is 58.9 Å². The number of rotatable bonds is 5. The highest BCUT2D eigenvalue weighted by Gasteiger charge is 2.13. The molecule has 5 heteroatoms. The smallest absolute Gasteiger partial charge is 0.272 e. The summed E-state index contributed by atoms with van der Waals surface area (Å²) in [5, 5.41) is 0.503. The van der Waals surface area contributed by atoms with E-state index in [9.17, 15) is 4.79 Å². The predicted molar refractivity (Wildman–Crippen MR) is 82.7 cm³/mol. The van der Waals surface area contributed by atoms with E-state index in [1.165, 1.54) is 6.20 Å². The molecule has 0 aliphatic heterocycles. The van der Waals surface area contributed by atoms with E-state index in [0.29, 0.717) is 23.9 Å². The maximum atomic E-state index is 12.3. The molecule has 0 saturated carbocycles. The average Bonchev–Trinajstić information content (AvgIpc) is 2.48. The van der Waals surface area contributed by atoms with Gasteiger partial charge in [-0.25, -0.2) is 0 Å². The van der Waals surface area contributed by atoms with Gasteiger partial charge in [-0.1, -0.05) is 23.7 Å². The number of aromatic nitrogens is 1. The van der Waals surface area contributed by atoms with E-state index in [1.54, 1.807) is 24.1 Å². The third-order valence-corrected chi connectivity index (χ3v) is 3.18. The molecule has 2 aromatic rings. The minimum Gasteiger partial charge on any atom is -0.494 e. The summed E-state index contributed by atoms with van der Waals surface area (Å²) in [4.78, 5) is 17.9. The van der Waals surface area contributed by atoms with Crippen LogP contribution >= 0.6 is 11.6 Å². The van der Waals surface area contributed by atoms with E-state index in [1.807, 2.05) is 31.2 Å². The standard InChI is InChI=1S/C16H17ClN2O2/c1-3-21-14-6-4-12(5-7-14)11-19(2)16(20)15-10-13(17)8-9-18-15/h4-10H,3,11H2,1-2H3. The van der Waals surface area contributed by atoms with Gasteiger partial charge in [-0.2, -0.15) is 0 Å². The second-order valence-electron chi connectivity index (χ2n) is 4.60. The van der Waals surface area contributed by atoms with Gasteiger partial charge in [0.25, 0.3) is 5.91 Å². The first-order valence-electron chi connectivity index (χ1n) is 6.69. The van der Waals surface area contributed by atoms with Gasteiger partial charge in [-0.05, 0) is 36.8 Å². The molecule has 0 atom stereocenters. The van der Waals surface area contributed by atoms with Crippen LogP contribution in [0.3, 0.4) is 0 Å². The molecule has 1 amide bonds. The van der Waals surface area contributed by atoms with Gasteiger partial charge in [0.15, 0.2) is 0 Å². The lowest BCUT2D eigenvalue weighted by atomic mass is 10.2. The number of halogens is 1. The summed E-state index contributed by atoms with van der Waals surface area (Å²) >= 11 is 5.88. The fourth-order valence-electron chi connectivity index (χ4n) is 1.92. The zero-order valence-corrected chi connectivity index (χ0v) is 12.8. The van der Waals surface area contributed by atoms with E-state index < -0.39 is 0 Å². The molecule has 2 rings (SSSR count). The first kappa shape index (κ1) is 15.3. The van der Waals surface area contributed by atoms with E-state index >= 15 is 0 Å². The van der Waals surface area contributed by atoms with Crippen LogP contribution in [0, 0.1) is 0 Å². The molecule has 1 aromatic heterocycles. The number of ether oxygens (including phenoxy) is 1. The molecular weight excluding hydrogens is 288 g/mol. The Balaban J connectivity index is 2.03. The van der Waals surface area contributed by atoms with Crippen molar-refractivity contribution in [3.8, 4) is 5.75 Å². The van der Waals surface area contributed by atoms with Crippen molar-refractivity contribution in [2.45, 2.75) is 13.5 Å². The summed E-state index contributed by atoms with van der Waals surface area (Å²) in [7, 11) is 1.74. The van der Waals surface area contributed by atoms with Crippen molar-refractivity contribution in [1.82, 2.24) is 9.88 Å². The van der Waals surface area contributed by atoms with E-state index in [-0.39, 0.29) is 5.91 Å². The number of nitrogens with zero attached hydrogens (tertiary/aromatic N) is 2. The zero-order chi connectivity index (χ0) is 15.2. The summed E-state index contributed by atoms with van der Waals surface area (Å²) in [6.45, 7) is 3.08. The number of pyridine rings is 1. The molecule has 0 aliphatic rings. The Morgan fingerprint density at radius 3 is 2.62 bits per heavy atom. The first-order chi connectivity index (χ1) is 10.1. The molecule has 0 radical (unpaired) electrons. The minimum absolute atomic E-state index is 0.161. The van der Waals surface area contributed by atoms with E-state index in [0.717, 1.165) is 11.3 Å². The van der Waals surface area contributed by atoms with Crippen molar-refractivity contribution in [1.29, 1.82) is 0 Å². The van der Waals surface area contributed by atoms with Gasteiger partial charge in [0, 0.05) is 24.8 Å². The van der Waals surface area contributed by atoms with Gasteiger partial charge in [-0.15, -0.1) is 0 Å².